The summed E-state index contributed by atoms with van der Waals surface area (Å²) in [5.74, 6) is -0.913. The number of aromatic nitrogens is 3. The fraction of sp³-hybridized carbons (Fsp3) is 0.500. The maximum Gasteiger partial charge on any atom is 0.335 e. The van der Waals surface area contributed by atoms with Crippen molar-refractivity contribution in [3.8, 4) is 0 Å². The van der Waals surface area contributed by atoms with E-state index in [2.05, 4.69) is 17.2 Å². The largest absolute Gasteiger partial charge is 0.478 e. The molecule has 0 radical (unpaired) electrons. The van der Waals surface area contributed by atoms with Crippen LogP contribution in [0.4, 0.5) is 0 Å². The molecule has 0 saturated heterocycles. The molecule has 19 heavy (non-hydrogen) atoms. The van der Waals surface area contributed by atoms with Crippen LogP contribution in [0.3, 0.4) is 0 Å². The maximum atomic E-state index is 11.1. The third-order valence-electron chi connectivity index (χ3n) is 4.13. The number of hydrogen-bond acceptors (Lipinski definition) is 3. The lowest BCUT2D eigenvalue weighted by Gasteiger charge is -2.33. The van der Waals surface area contributed by atoms with Gasteiger partial charge in [0.05, 0.1) is 16.6 Å². The number of hydrogen-bond donors (Lipinski definition) is 1. The van der Waals surface area contributed by atoms with Gasteiger partial charge in [0.2, 0.25) is 0 Å². The lowest BCUT2D eigenvalue weighted by molar-refractivity contribution is 0.0697. The number of nitrogens with zero attached hydrogens (tertiary/aromatic N) is 3. The van der Waals surface area contributed by atoms with Gasteiger partial charge >= 0.3 is 5.97 Å². The SMILES string of the molecule is CC1(n2nnc3ccc(C(=O)O)cc32)CCCCC1. The van der Waals surface area contributed by atoms with E-state index in [4.69, 9.17) is 5.11 Å². The number of carbonyl (C=O) groups is 1. The van der Waals surface area contributed by atoms with E-state index in [-0.39, 0.29) is 11.1 Å². The van der Waals surface area contributed by atoms with E-state index in [9.17, 15) is 4.79 Å². The van der Waals surface area contributed by atoms with Crippen LogP contribution in [0.2, 0.25) is 0 Å². The van der Waals surface area contributed by atoms with Crippen molar-refractivity contribution in [3.63, 3.8) is 0 Å². The molecule has 0 atom stereocenters. The second kappa shape index (κ2) is 4.33. The molecular formula is C14H17N3O2. The van der Waals surface area contributed by atoms with Crippen LogP contribution in [0.5, 0.6) is 0 Å². The van der Waals surface area contributed by atoms with Crippen molar-refractivity contribution in [1.29, 1.82) is 0 Å². The van der Waals surface area contributed by atoms with Gasteiger partial charge in [-0.15, -0.1) is 5.10 Å². The van der Waals surface area contributed by atoms with Gasteiger partial charge < -0.3 is 5.11 Å². The highest BCUT2D eigenvalue weighted by atomic mass is 16.4. The van der Waals surface area contributed by atoms with Crippen LogP contribution < -0.4 is 0 Å². The minimum Gasteiger partial charge on any atom is -0.478 e. The van der Waals surface area contributed by atoms with Gasteiger partial charge in [0.15, 0.2) is 0 Å². The third kappa shape index (κ3) is 1.99. The van der Waals surface area contributed by atoms with Crippen molar-refractivity contribution in [3.05, 3.63) is 23.8 Å². The third-order valence-corrected chi connectivity index (χ3v) is 4.13. The molecule has 0 bridgehead atoms. The summed E-state index contributed by atoms with van der Waals surface area (Å²) in [6, 6.07) is 4.99. The van der Waals surface area contributed by atoms with Crippen molar-refractivity contribution < 1.29 is 9.90 Å². The van der Waals surface area contributed by atoms with E-state index < -0.39 is 5.97 Å². The molecular weight excluding hydrogens is 242 g/mol. The second-order valence-electron chi connectivity index (χ2n) is 5.57. The van der Waals surface area contributed by atoms with Crippen molar-refractivity contribution in [1.82, 2.24) is 15.0 Å². The Hall–Kier alpha value is -1.91. The Morgan fingerprint density at radius 1 is 1.32 bits per heavy atom. The minimum absolute atomic E-state index is 0.0376. The van der Waals surface area contributed by atoms with Crippen LogP contribution in [0.1, 0.15) is 49.4 Å². The quantitative estimate of drug-likeness (QED) is 0.900. The average Bonchev–Trinajstić information content (AvgIpc) is 2.83. The smallest absolute Gasteiger partial charge is 0.335 e. The van der Waals surface area contributed by atoms with Gasteiger partial charge in [-0.05, 0) is 38.0 Å². The van der Waals surface area contributed by atoms with Crippen molar-refractivity contribution in [2.45, 2.75) is 44.6 Å². The summed E-state index contributed by atoms with van der Waals surface area (Å²) >= 11 is 0. The first kappa shape index (κ1) is 12.1. The zero-order valence-electron chi connectivity index (χ0n) is 11.0. The summed E-state index contributed by atoms with van der Waals surface area (Å²) in [7, 11) is 0. The Morgan fingerprint density at radius 3 is 2.74 bits per heavy atom. The van der Waals surface area contributed by atoms with Crippen LogP contribution in [-0.2, 0) is 5.54 Å². The Balaban J connectivity index is 2.12. The second-order valence-corrected chi connectivity index (χ2v) is 5.57. The van der Waals surface area contributed by atoms with E-state index in [0.29, 0.717) is 0 Å². The summed E-state index contributed by atoms with van der Waals surface area (Å²) in [5.41, 5.74) is 1.83. The van der Waals surface area contributed by atoms with Gasteiger partial charge in [-0.2, -0.15) is 0 Å². The zero-order valence-corrected chi connectivity index (χ0v) is 11.0. The predicted octanol–water partition coefficient (Wildman–Crippen LogP) is 2.81. The van der Waals surface area contributed by atoms with E-state index in [0.717, 1.165) is 23.9 Å². The first-order valence-electron chi connectivity index (χ1n) is 6.69. The van der Waals surface area contributed by atoms with Crippen molar-refractivity contribution in [2.24, 2.45) is 0 Å². The average molecular weight is 259 g/mol. The van der Waals surface area contributed by atoms with Crippen LogP contribution in [0, 0.1) is 0 Å². The van der Waals surface area contributed by atoms with E-state index in [1.54, 1.807) is 18.2 Å². The summed E-state index contributed by atoms with van der Waals surface area (Å²) < 4.78 is 1.92. The topological polar surface area (TPSA) is 68.0 Å². The highest BCUT2D eigenvalue weighted by Gasteiger charge is 2.31. The van der Waals surface area contributed by atoms with E-state index in [1.165, 1.54) is 19.3 Å². The summed E-state index contributed by atoms with van der Waals surface area (Å²) in [6.07, 6.45) is 5.79. The van der Waals surface area contributed by atoms with Gasteiger partial charge in [-0.1, -0.05) is 24.5 Å². The Bertz CT molecular complexity index is 627. The molecule has 0 unspecified atom stereocenters. The summed E-state index contributed by atoms with van der Waals surface area (Å²) in [4.78, 5) is 11.1. The predicted molar refractivity (Wildman–Crippen MR) is 71.2 cm³/mol. The van der Waals surface area contributed by atoms with Crippen LogP contribution >= 0.6 is 0 Å². The molecule has 0 amide bonds. The fourth-order valence-corrected chi connectivity index (χ4v) is 2.98. The van der Waals surface area contributed by atoms with Crippen LogP contribution in [0.15, 0.2) is 18.2 Å². The van der Waals surface area contributed by atoms with Crippen LogP contribution in [-0.4, -0.2) is 26.1 Å². The normalized spacial score (nSPS) is 18.6. The first-order chi connectivity index (χ1) is 9.10. The van der Waals surface area contributed by atoms with Gasteiger partial charge in [-0.25, -0.2) is 9.48 Å². The fourth-order valence-electron chi connectivity index (χ4n) is 2.98. The Labute approximate surface area is 111 Å². The highest BCUT2D eigenvalue weighted by molar-refractivity contribution is 5.92. The molecule has 1 fully saturated rings. The molecule has 1 aliphatic carbocycles. The molecule has 5 heteroatoms. The molecule has 0 aliphatic heterocycles. The molecule has 1 saturated carbocycles. The number of rotatable bonds is 2. The molecule has 1 aromatic heterocycles. The number of benzene rings is 1. The Morgan fingerprint density at radius 2 is 2.05 bits per heavy atom. The molecule has 0 spiro atoms. The molecule has 5 nitrogen and oxygen atoms in total. The van der Waals surface area contributed by atoms with E-state index in [1.807, 2.05) is 4.68 Å². The number of aromatic carboxylic acids is 1. The standard InChI is InChI=1S/C14H17N3O2/c1-14(7-3-2-4-8-14)17-12-9-10(13(18)19)5-6-11(12)15-16-17/h5-6,9H,2-4,7-8H2,1H3,(H,18,19). The monoisotopic (exact) mass is 259 g/mol. The van der Waals surface area contributed by atoms with Crippen LogP contribution in [0.25, 0.3) is 11.0 Å². The summed E-state index contributed by atoms with van der Waals surface area (Å²) in [6.45, 7) is 2.19. The number of fused-ring (bicyclic) bond motifs is 1. The van der Waals surface area contributed by atoms with Crippen molar-refractivity contribution >= 4 is 17.0 Å². The lowest BCUT2D eigenvalue weighted by atomic mass is 9.83. The molecule has 3 rings (SSSR count). The Kier molecular flexibility index (Phi) is 2.77. The minimum atomic E-state index is -0.913. The zero-order chi connectivity index (χ0) is 13.5. The molecule has 100 valence electrons. The summed E-state index contributed by atoms with van der Waals surface area (Å²) in [5, 5.41) is 17.5. The lowest BCUT2D eigenvalue weighted by Crippen LogP contribution is -2.33. The molecule has 1 aliphatic rings. The molecule has 1 heterocycles. The van der Waals surface area contributed by atoms with Gasteiger partial charge in [0.25, 0.3) is 0 Å². The van der Waals surface area contributed by atoms with E-state index >= 15 is 0 Å². The molecule has 1 N–H and O–H groups in total. The number of carboxylic acid groups (broad SMARTS) is 1. The van der Waals surface area contributed by atoms with Gasteiger partial charge in [-0.3, -0.25) is 0 Å². The number of carboxylic acids is 1. The first-order valence-corrected chi connectivity index (χ1v) is 6.69. The van der Waals surface area contributed by atoms with Gasteiger partial charge in [0, 0.05) is 0 Å². The highest BCUT2D eigenvalue weighted by Crippen LogP contribution is 2.35. The van der Waals surface area contributed by atoms with Gasteiger partial charge in [0.1, 0.15) is 5.52 Å². The molecule has 2 aromatic rings. The molecule has 1 aromatic carbocycles. The van der Waals surface area contributed by atoms with Crippen molar-refractivity contribution in [2.75, 3.05) is 0 Å². The maximum absolute atomic E-state index is 11.1.